The molecule has 0 N–H and O–H groups in total. The van der Waals surface area contributed by atoms with Gasteiger partial charge in [-0.1, -0.05) is 39.5 Å². The Kier molecular flexibility index (Phi) is 8.62. The maximum Gasteiger partial charge on any atom is 0.143 e. The van der Waals surface area contributed by atoms with Crippen LogP contribution in [0.15, 0.2) is 0 Å². The molecule has 0 aromatic heterocycles. The summed E-state index contributed by atoms with van der Waals surface area (Å²) < 4.78 is 0. The van der Waals surface area contributed by atoms with Crippen LogP contribution < -0.4 is 0 Å². The van der Waals surface area contributed by atoms with Crippen LogP contribution in [-0.2, 0) is 4.79 Å². The van der Waals surface area contributed by atoms with Crippen LogP contribution in [0.5, 0.6) is 0 Å². The highest BCUT2D eigenvalue weighted by Gasteiger charge is 2.10. The van der Waals surface area contributed by atoms with Gasteiger partial charge in [0.2, 0.25) is 0 Å². The van der Waals surface area contributed by atoms with E-state index in [2.05, 4.69) is 13.8 Å². The lowest BCUT2D eigenvalue weighted by Gasteiger charge is -2.12. The molecule has 1 atom stereocenters. The maximum absolute atomic E-state index is 11.4. The van der Waals surface area contributed by atoms with E-state index < -0.39 is 0 Å². The molecule has 0 amide bonds. The van der Waals surface area contributed by atoms with Gasteiger partial charge in [-0.25, -0.2) is 0 Å². The van der Waals surface area contributed by atoms with Crippen LogP contribution in [0.3, 0.4) is 0 Å². The van der Waals surface area contributed by atoms with Crippen LogP contribution in [0.1, 0.15) is 46.0 Å². The average Bonchev–Trinajstić information content (AvgIpc) is 2.12. The number of carbonyl (C=O) groups is 1. The van der Waals surface area contributed by atoms with Crippen molar-refractivity contribution in [3.05, 3.63) is 0 Å². The summed E-state index contributed by atoms with van der Waals surface area (Å²) in [7, 11) is 0. The van der Waals surface area contributed by atoms with Crippen LogP contribution in [0.25, 0.3) is 0 Å². The van der Waals surface area contributed by atoms with Gasteiger partial charge < -0.3 is 0 Å². The lowest BCUT2D eigenvalue weighted by molar-refractivity contribution is -0.117. The number of thioether (sulfide) groups is 1. The maximum atomic E-state index is 11.4. The second-order valence-electron chi connectivity index (χ2n) is 3.59. The zero-order chi connectivity index (χ0) is 10.1. The molecule has 1 unspecified atom stereocenters. The van der Waals surface area contributed by atoms with E-state index in [0.29, 0.717) is 17.5 Å². The number of ketones is 1. The monoisotopic (exact) mass is 202 g/mol. The molecule has 1 nitrogen and oxygen atoms in total. The van der Waals surface area contributed by atoms with Crippen molar-refractivity contribution >= 4 is 17.5 Å². The van der Waals surface area contributed by atoms with Gasteiger partial charge in [0.25, 0.3) is 0 Å². The van der Waals surface area contributed by atoms with Gasteiger partial charge in [-0.05, 0) is 12.2 Å². The number of rotatable bonds is 8. The molecule has 0 radical (unpaired) electrons. The topological polar surface area (TPSA) is 17.1 Å². The first-order chi connectivity index (χ1) is 6.24. The lowest BCUT2D eigenvalue weighted by atomic mass is 9.94. The Morgan fingerprint density at radius 2 is 2.08 bits per heavy atom. The third kappa shape index (κ3) is 7.12. The van der Waals surface area contributed by atoms with E-state index in [1.54, 1.807) is 11.8 Å². The molecular formula is C11H22OS. The first-order valence-corrected chi connectivity index (χ1v) is 6.64. The van der Waals surface area contributed by atoms with Crippen molar-refractivity contribution in [2.75, 3.05) is 12.0 Å². The molecule has 78 valence electrons. The second-order valence-corrected chi connectivity index (χ2v) is 4.46. The molecule has 0 aliphatic rings. The third-order valence-electron chi connectivity index (χ3n) is 2.36. The summed E-state index contributed by atoms with van der Waals surface area (Å²) in [6, 6.07) is 0. The zero-order valence-corrected chi connectivity index (χ0v) is 9.95. The highest BCUT2D eigenvalue weighted by atomic mass is 32.2. The highest BCUT2D eigenvalue weighted by molar-refractivity contribution is 7.99. The van der Waals surface area contributed by atoms with Crippen molar-refractivity contribution in [1.29, 1.82) is 0 Å². The largest absolute Gasteiger partial charge is 0.299 e. The summed E-state index contributed by atoms with van der Waals surface area (Å²) in [5.41, 5.74) is 0. The quantitative estimate of drug-likeness (QED) is 0.599. The number of carbonyl (C=O) groups excluding carboxylic acids is 1. The average molecular weight is 202 g/mol. The SMILES string of the molecule is CCCCC(CC)CC(=O)CSC. The first kappa shape index (κ1) is 13.0. The van der Waals surface area contributed by atoms with Crippen LogP contribution in [0.4, 0.5) is 0 Å². The van der Waals surface area contributed by atoms with Gasteiger partial charge in [0, 0.05) is 6.42 Å². The van der Waals surface area contributed by atoms with Gasteiger partial charge in [0.05, 0.1) is 5.75 Å². The Morgan fingerprint density at radius 1 is 1.38 bits per heavy atom. The molecule has 0 heterocycles. The van der Waals surface area contributed by atoms with E-state index in [9.17, 15) is 4.79 Å². The van der Waals surface area contributed by atoms with Crippen molar-refractivity contribution in [3.63, 3.8) is 0 Å². The Bertz CT molecular complexity index is 134. The number of hydrogen-bond acceptors (Lipinski definition) is 2. The Labute approximate surface area is 86.7 Å². The molecule has 0 fully saturated rings. The van der Waals surface area contributed by atoms with Gasteiger partial charge >= 0.3 is 0 Å². The molecule has 0 aliphatic carbocycles. The van der Waals surface area contributed by atoms with Crippen molar-refractivity contribution in [2.45, 2.75) is 46.0 Å². The predicted octanol–water partition coefficient (Wildman–Crippen LogP) is 3.53. The summed E-state index contributed by atoms with van der Waals surface area (Å²) in [5, 5.41) is 0. The van der Waals surface area contributed by atoms with E-state index in [1.807, 2.05) is 6.26 Å². The van der Waals surface area contributed by atoms with Crippen molar-refractivity contribution in [2.24, 2.45) is 5.92 Å². The first-order valence-electron chi connectivity index (χ1n) is 5.25. The Balaban J connectivity index is 3.62. The van der Waals surface area contributed by atoms with E-state index in [-0.39, 0.29) is 0 Å². The Hall–Kier alpha value is 0.0200. The van der Waals surface area contributed by atoms with E-state index in [0.717, 1.165) is 12.8 Å². The summed E-state index contributed by atoms with van der Waals surface area (Å²) in [6.07, 6.45) is 7.69. The van der Waals surface area contributed by atoms with Crippen molar-refractivity contribution in [1.82, 2.24) is 0 Å². The number of hydrogen-bond donors (Lipinski definition) is 0. The summed E-state index contributed by atoms with van der Waals surface area (Å²) in [4.78, 5) is 11.4. The van der Waals surface area contributed by atoms with Gasteiger partial charge in [-0.15, -0.1) is 0 Å². The minimum Gasteiger partial charge on any atom is -0.299 e. The molecule has 0 aliphatic heterocycles. The molecule has 0 saturated heterocycles. The second kappa shape index (κ2) is 8.61. The van der Waals surface area contributed by atoms with Crippen LogP contribution in [-0.4, -0.2) is 17.8 Å². The molecule has 13 heavy (non-hydrogen) atoms. The van der Waals surface area contributed by atoms with Gasteiger partial charge in [0.15, 0.2) is 0 Å². The smallest absolute Gasteiger partial charge is 0.143 e. The fraction of sp³-hybridized carbons (Fsp3) is 0.909. The molecule has 0 aromatic rings. The van der Waals surface area contributed by atoms with Crippen molar-refractivity contribution < 1.29 is 4.79 Å². The molecule has 0 spiro atoms. The van der Waals surface area contributed by atoms with Crippen LogP contribution in [0, 0.1) is 5.92 Å². The summed E-state index contributed by atoms with van der Waals surface area (Å²) in [5.74, 6) is 1.76. The Morgan fingerprint density at radius 3 is 2.54 bits per heavy atom. The summed E-state index contributed by atoms with van der Waals surface area (Å²) >= 11 is 1.64. The van der Waals surface area contributed by atoms with E-state index >= 15 is 0 Å². The molecule has 0 bridgehead atoms. The van der Waals surface area contributed by atoms with E-state index in [1.165, 1.54) is 19.3 Å². The molecular weight excluding hydrogens is 180 g/mol. The minimum atomic E-state index is 0.426. The standard InChI is InChI=1S/C11H22OS/c1-4-6-7-10(5-2)8-11(12)9-13-3/h10H,4-9H2,1-3H3. The lowest BCUT2D eigenvalue weighted by Crippen LogP contribution is -2.09. The van der Waals surface area contributed by atoms with Gasteiger partial charge in [0.1, 0.15) is 5.78 Å². The zero-order valence-electron chi connectivity index (χ0n) is 9.14. The summed E-state index contributed by atoms with van der Waals surface area (Å²) in [6.45, 7) is 4.39. The number of Topliss-reactive ketones (excluding diaryl/α,β-unsaturated/α-hetero) is 1. The fourth-order valence-electron chi connectivity index (χ4n) is 1.49. The molecule has 2 heteroatoms. The number of unbranched alkanes of at least 4 members (excludes halogenated alkanes) is 1. The molecule has 0 saturated carbocycles. The third-order valence-corrected chi connectivity index (χ3v) is 2.98. The minimum absolute atomic E-state index is 0.426. The van der Waals surface area contributed by atoms with Gasteiger partial charge in [-0.2, -0.15) is 11.8 Å². The van der Waals surface area contributed by atoms with Crippen LogP contribution in [0.2, 0.25) is 0 Å². The molecule has 0 rings (SSSR count). The van der Waals surface area contributed by atoms with Crippen molar-refractivity contribution in [3.8, 4) is 0 Å². The normalized spacial score (nSPS) is 12.8. The van der Waals surface area contributed by atoms with Crippen LogP contribution >= 0.6 is 11.8 Å². The fourth-order valence-corrected chi connectivity index (χ4v) is 1.93. The predicted molar refractivity (Wildman–Crippen MR) is 61.3 cm³/mol. The van der Waals surface area contributed by atoms with E-state index in [4.69, 9.17) is 0 Å². The molecule has 0 aromatic carbocycles. The van der Waals surface area contributed by atoms with Gasteiger partial charge in [-0.3, -0.25) is 4.79 Å². The highest BCUT2D eigenvalue weighted by Crippen LogP contribution is 2.17.